The number of benzene rings is 4. The van der Waals surface area contributed by atoms with Crippen LogP contribution in [0.4, 0.5) is 10.1 Å². The molecule has 0 radical (unpaired) electrons. The number of rotatable bonds is 6. The Kier molecular flexibility index (Phi) is 6.36. The quantitative estimate of drug-likeness (QED) is 0.260. The van der Waals surface area contributed by atoms with E-state index >= 15 is 0 Å². The Balaban J connectivity index is 1.40. The minimum Gasteiger partial charge on any atom is -0.457 e. The van der Waals surface area contributed by atoms with E-state index < -0.39 is 5.91 Å². The van der Waals surface area contributed by atoms with E-state index in [1.807, 2.05) is 54.6 Å². The maximum absolute atomic E-state index is 13.5. The first kappa shape index (κ1) is 22.5. The summed E-state index contributed by atoms with van der Waals surface area (Å²) in [5.41, 5.74) is 1.91. The topological polar surface area (TPSA) is 69.0 Å². The van der Waals surface area contributed by atoms with Crippen LogP contribution in [0.3, 0.4) is 0 Å². The lowest BCUT2D eigenvalue weighted by atomic mass is 10.2. The average Bonchev–Trinajstić information content (AvgIpc) is 3.32. The monoisotopic (exact) mass is 528 g/mol. The van der Waals surface area contributed by atoms with E-state index in [0.29, 0.717) is 28.5 Å². The van der Waals surface area contributed by atoms with Gasteiger partial charge in [0, 0.05) is 15.7 Å². The molecule has 0 saturated carbocycles. The molecule has 1 N–H and O–H groups in total. The SMILES string of the molecule is O=C(Nc1ccc(Oc2ccccc2)cc1)c1nc(-c2ccc(F)cc2)n(-c2ccc(Br)cc2)n1. The van der Waals surface area contributed by atoms with Crippen molar-refractivity contribution >= 4 is 27.5 Å². The molecule has 0 atom stereocenters. The van der Waals surface area contributed by atoms with Crippen molar-refractivity contribution in [3.63, 3.8) is 0 Å². The molecule has 1 amide bonds. The fourth-order valence-electron chi connectivity index (χ4n) is 3.37. The van der Waals surface area contributed by atoms with Crippen molar-refractivity contribution in [2.75, 3.05) is 5.32 Å². The van der Waals surface area contributed by atoms with Crippen LogP contribution < -0.4 is 10.1 Å². The first-order chi connectivity index (χ1) is 17.0. The summed E-state index contributed by atoms with van der Waals surface area (Å²) in [5, 5.41) is 7.25. The van der Waals surface area contributed by atoms with Crippen molar-refractivity contribution in [1.29, 1.82) is 0 Å². The van der Waals surface area contributed by atoms with Crippen LogP contribution in [0.15, 0.2) is 108 Å². The van der Waals surface area contributed by atoms with Crippen LogP contribution in [0.5, 0.6) is 11.5 Å². The Morgan fingerprint density at radius 2 is 1.49 bits per heavy atom. The number of nitrogens with one attached hydrogen (secondary N) is 1. The molecule has 0 saturated heterocycles. The van der Waals surface area contributed by atoms with Crippen LogP contribution >= 0.6 is 15.9 Å². The smallest absolute Gasteiger partial charge is 0.295 e. The van der Waals surface area contributed by atoms with Crippen molar-refractivity contribution in [1.82, 2.24) is 14.8 Å². The molecule has 0 fully saturated rings. The number of ether oxygens (including phenoxy) is 1. The molecule has 4 aromatic carbocycles. The number of anilines is 1. The van der Waals surface area contributed by atoms with Crippen LogP contribution in [-0.2, 0) is 0 Å². The number of carbonyl (C=O) groups is 1. The van der Waals surface area contributed by atoms with Gasteiger partial charge < -0.3 is 10.1 Å². The molecule has 0 aliphatic carbocycles. The summed E-state index contributed by atoms with van der Waals surface area (Å²) < 4.78 is 21.7. The van der Waals surface area contributed by atoms with Gasteiger partial charge in [0.15, 0.2) is 5.82 Å². The summed E-state index contributed by atoms with van der Waals surface area (Å²) in [7, 11) is 0. The largest absolute Gasteiger partial charge is 0.457 e. The van der Waals surface area contributed by atoms with E-state index in [1.165, 1.54) is 12.1 Å². The minimum atomic E-state index is -0.471. The number of carbonyl (C=O) groups excluding carboxylic acids is 1. The lowest BCUT2D eigenvalue weighted by molar-refractivity contribution is 0.101. The highest BCUT2D eigenvalue weighted by molar-refractivity contribution is 9.10. The number of nitrogens with zero attached hydrogens (tertiary/aromatic N) is 3. The highest BCUT2D eigenvalue weighted by atomic mass is 79.9. The third-order valence-corrected chi connectivity index (χ3v) is 5.60. The van der Waals surface area contributed by atoms with Crippen LogP contribution in [0.2, 0.25) is 0 Å². The number of amides is 1. The molecule has 0 bridgehead atoms. The predicted molar refractivity (Wildman–Crippen MR) is 135 cm³/mol. The molecular weight excluding hydrogens is 511 g/mol. The third-order valence-electron chi connectivity index (χ3n) is 5.07. The number of hydrogen-bond donors (Lipinski definition) is 1. The Morgan fingerprint density at radius 3 is 2.17 bits per heavy atom. The first-order valence-corrected chi connectivity index (χ1v) is 11.5. The molecule has 0 aliphatic heterocycles. The Hall–Kier alpha value is -4.30. The molecular formula is C27H18BrFN4O2. The Bertz CT molecular complexity index is 1390. The molecule has 6 nitrogen and oxygen atoms in total. The lowest BCUT2D eigenvalue weighted by Crippen LogP contribution is -2.14. The van der Waals surface area contributed by atoms with Crippen molar-refractivity contribution in [3.05, 3.63) is 119 Å². The van der Waals surface area contributed by atoms with Gasteiger partial charge >= 0.3 is 0 Å². The van der Waals surface area contributed by atoms with Crippen LogP contribution in [0, 0.1) is 5.82 Å². The fourth-order valence-corrected chi connectivity index (χ4v) is 3.64. The van der Waals surface area contributed by atoms with Crippen LogP contribution in [0.25, 0.3) is 17.1 Å². The van der Waals surface area contributed by atoms with Gasteiger partial charge in [0.2, 0.25) is 5.82 Å². The zero-order valence-corrected chi connectivity index (χ0v) is 19.8. The number of halogens is 2. The zero-order chi connectivity index (χ0) is 24.2. The van der Waals surface area contributed by atoms with Gasteiger partial charge in [-0.1, -0.05) is 34.1 Å². The summed E-state index contributed by atoms with van der Waals surface area (Å²) >= 11 is 3.42. The number of para-hydroxylation sites is 1. The van der Waals surface area contributed by atoms with Gasteiger partial charge in [-0.2, -0.15) is 0 Å². The normalized spacial score (nSPS) is 10.7. The molecule has 8 heteroatoms. The van der Waals surface area contributed by atoms with E-state index in [0.717, 1.165) is 10.2 Å². The van der Waals surface area contributed by atoms with Crippen molar-refractivity contribution in [3.8, 4) is 28.6 Å². The fraction of sp³-hybridized carbons (Fsp3) is 0. The summed E-state index contributed by atoms with van der Waals surface area (Å²) in [6.07, 6.45) is 0. The average molecular weight is 529 g/mol. The van der Waals surface area contributed by atoms with Crippen molar-refractivity contribution in [2.45, 2.75) is 0 Å². The molecule has 0 aliphatic rings. The van der Waals surface area contributed by atoms with Gasteiger partial charge in [-0.05, 0) is 84.9 Å². The third kappa shape index (κ3) is 5.28. The highest BCUT2D eigenvalue weighted by Crippen LogP contribution is 2.25. The standard InChI is InChI=1S/C27H18BrFN4O2/c28-19-8-14-22(15-9-19)33-26(18-6-10-20(29)11-7-18)31-25(32-33)27(34)30-21-12-16-24(17-13-21)35-23-4-2-1-3-5-23/h1-17H,(H,30,34). The Morgan fingerprint density at radius 1 is 0.829 bits per heavy atom. The van der Waals surface area contributed by atoms with Gasteiger partial charge in [-0.3, -0.25) is 4.79 Å². The second kappa shape index (κ2) is 9.90. The maximum Gasteiger partial charge on any atom is 0.295 e. The van der Waals surface area contributed by atoms with Gasteiger partial charge in [-0.25, -0.2) is 14.1 Å². The van der Waals surface area contributed by atoms with E-state index in [1.54, 1.807) is 41.1 Å². The molecule has 5 rings (SSSR count). The maximum atomic E-state index is 13.5. The van der Waals surface area contributed by atoms with E-state index in [9.17, 15) is 9.18 Å². The van der Waals surface area contributed by atoms with Gasteiger partial charge in [0.05, 0.1) is 5.69 Å². The molecule has 1 heterocycles. The minimum absolute atomic E-state index is 0.0168. The predicted octanol–water partition coefficient (Wildman–Crippen LogP) is 6.88. The van der Waals surface area contributed by atoms with Gasteiger partial charge in [0.1, 0.15) is 17.3 Å². The summed E-state index contributed by atoms with van der Waals surface area (Å²) in [6.45, 7) is 0. The Labute approximate surface area is 209 Å². The molecule has 5 aromatic rings. The molecule has 35 heavy (non-hydrogen) atoms. The molecule has 0 unspecified atom stereocenters. The van der Waals surface area contributed by atoms with Crippen molar-refractivity contribution < 1.29 is 13.9 Å². The summed E-state index contributed by atoms with van der Waals surface area (Å²) in [5.74, 6) is 0.939. The van der Waals surface area contributed by atoms with Crippen LogP contribution in [0.1, 0.15) is 10.6 Å². The van der Waals surface area contributed by atoms with Crippen LogP contribution in [-0.4, -0.2) is 20.7 Å². The summed E-state index contributed by atoms with van der Waals surface area (Å²) in [6, 6.07) is 29.7. The number of hydrogen-bond acceptors (Lipinski definition) is 4. The highest BCUT2D eigenvalue weighted by Gasteiger charge is 2.19. The van der Waals surface area contributed by atoms with Crippen molar-refractivity contribution in [2.24, 2.45) is 0 Å². The molecule has 172 valence electrons. The van der Waals surface area contributed by atoms with E-state index in [2.05, 4.69) is 31.3 Å². The van der Waals surface area contributed by atoms with Gasteiger partial charge in [-0.15, -0.1) is 5.10 Å². The van der Waals surface area contributed by atoms with E-state index in [4.69, 9.17) is 4.74 Å². The zero-order valence-electron chi connectivity index (χ0n) is 18.2. The lowest BCUT2D eigenvalue weighted by Gasteiger charge is -2.07. The second-order valence-electron chi connectivity index (χ2n) is 7.55. The van der Waals surface area contributed by atoms with Gasteiger partial charge in [0.25, 0.3) is 5.91 Å². The molecule has 0 spiro atoms. The summed E-state index contributed by atoms with van der Waals surface area (Å²) in [4.78, 5) is 17.4. The number of aromatic nitrogens is 3. The first-order valence-electron chi connectivity index (χ1n) is 10.7. The second-order valence-corrected chi connectivity index (χ2v) is 8.46. The van der Waals surface area contributed by atoms with E-state index in [-0.39, 0.29) is 11.6 Å². The molecule has 1 aromatic heterocycles.